The molecule has 2 amide bonds. The summed E-state index contributed by atoms with van der Waals surface area (Å²) in [6.07, 6.45) is 0. The van der Waals surface area contributed by atoms with E-state index in [1.807, 2.05) is 12.1 Å². The van der Waals surface area contributed by atoms with Gasteiger partial charge in [-0.2, -0.15) is 0 Å². The van der Waals surface area contributed by atoms with E-state index in [4.69, 9.17) is 16.3 Å². The molecule has 1 fully saturated rings. The van der Waals surface area contributed by atoms with E-state index in [9.17, 15) is 9.59 Å². The van der Waals surface area contributed by atoms with Gasteiger partial charge in [0, 0.05) is 44.7 Å². The van der Waals surface area contributed by atoms with Gasteiger partial charge in [-0.05, 0) is 17.7 Å². The van der Waals surface area contributed by atoms with Crippen LogP contribution in [-0.2, 0) is 15.4 Å². The zero-order chi connectivity index (χ0) is 15.2. The molecule has 0 saturated carbocycles. The van der Waals surface area contributed by atoms with Crippen molar-refractivity contribution in [3.63, 3.8) is 0 Å². The second-order valence-electron chi connectivity index (χ2n) is 4.94. The van der Waals surface area contributed by atoms with E-state index >= 15 is 0 Å². The Bertz CT molecular complexity index is 496. The SMILES string of the molecule is COCC(=O)N1CCN(C(=O)c2ccc(CCl)cc2)CC1. The Morgan fingerprint density at radius 1 is 1.10 bits per heavy atom. The maximum Gasteiger partial charge on any atom is 0.253 e. The van der Waals surface area contributed by atoms with Crippen LogP contribution in [0.1, 0.15) is 15.9 Å². The maximum atomic E-state index is 12.4. The highest BCUT2D eigenvalue weighted by molar-refractivity contribution is 6.17. The molecule has 0 unspecified atom stereocenters. The average molecular weight is 311 g/mol. The number of hydrogen-bond acceptors (Lipinski definition) is 3. The molecule has 0 atom stereocenters. The number of methoxy groups -OCH3 is 1. The average Bonchev–Trinajstić information content (AvgIpc) is 2.54. The van der Waals surface area contributed by atoms with Gasteiger partial charge in [-0.3, -0.25) is 9.59 Å². The highest BCUT2D eigenvalue weighted by Crippen LogP contribution is 2.11. The molecule has 0 N–H and O–H groups in total. The van der Waals surface area contributed by atoms with Crippen molar-refractivity contribution in [2.75, 3.05) is 39.9 Å². The minimum absolute atomic E-state index is 0.00466. The van der Waals surface area contributed by atoms with Crippen molar-refractivity contribution in [2.45, 2.75) is 5.88 Å². The Hall–Kier alpha value is -1.59. The number of halogens is 1. The van der Waals surface area contributed by atoms with E-state index in [-0.39, 0.29) is 18.4 Å². The maximum absolute atomic E-state index is 12.4. The van der Waals surface area contributed by atoms with E-state index in [1.165, 1.54) is 7.11 Å². The molecule has 1 aliphatic rings. The number of nitrogens with zero attached hydrogens (tertiary/aromatic N) is 2. The van der Waals surface area contributed by atoms with Crippen LogP contribution in [0.15, 0.2) is 24.3 Å². The first kappa shape index (κ1) is 15.8. The van der Waals surface area contributed by atoms with E-state index in [2.05, 4.69) is 0 Å². The molecule has 21 heavy (non-hydrogen) atoms. The Labute approximate surface area is 129 Å². The second kappa shape index (κ2) is 7.43. The van der Waals surface area contributed by atoms with E-state index in [1.54, 1.807) is 21.9 Å². The quantitative estimate of drug-likeness (QED) is 0.789. The van der Waals surface area contributed by atoms with Gasteiger partial charge in [-0.1, -0.05) is 12.1 Å². The molecule has 0 spiro atoms. The fourth-order valence-electron chi connectivity index (χ4n) is 2.29. The number of amides is 2. The van der Waals surface area contributed by atoms with E-state index in [0.29, 0.717) is 37.6 Å². The van der Waals surface area contributed by atoms with Crippen molar-refractivity contribution in [3.8, 4) is 0 Å². The van der Waals surface area contributed by atoms with Crippen LogP contribution in [0.3, 0.4) is 0 Å². The lowest BCUT2D eigenvalue weighted by atomic mass is 10.1. The van der Waals surface area contributed by atoms with Crippen LogP contribution in [-0.4, -0.2) is 61.5 Å². The first-order valence-corrected chi connectivity index (χ1v) is 7.40. The zero-order valence-corrected chi connectivity index (χ0v) is 12.8. The van der Waals surface area contributed by atoms with Gasteiger partial charge in [0.25, 0.3) is 5.91 Å². The molecular weight excluding hydrogens is 292 g/mol. The molecule has 0 bridgehead atoms. The molecule has 114 valence electrons. The van der Waals surface area contributed by atoms with Gasteiger partial charge in [0.15, 0.2) is 0 Å². The topological polar surface area (TPSA) is 49.9 Å². The van der Waals surface area contributed by atoms with Crippen LogP contribution in [0.2, 0.25) is 0 Å². The van der Waals surface area contributed by atoms with Gasteiger partial charge in [0.05, 0.1) is 0 Å². The number of alkyl halides is 1. The Morgan fingerprint density at radius 3 is 2.19 bits per heavy atom. The van der Waals surface area contributed by atoms with Gasteiger partial charge in [0.1, 0.15) is 6.61 Å². The van der Waals surface area contributed by atoms with Crippen LogP contribution >= 0.6 is 11.6 Å². The predicted octanol–water partition coefficient (Wildman–Crippen LogP) is 1.36. The third-order valence-corrected chi connectivity index (χ3v) is 3.85. The summed E-state index contributed by atoms with van der Waals surface area (Å²) < 4.78 is 4.84. The lowest BCUT2D eigenvalue weighted by Gasteiger charge is -2.34. The number of carbonyl (C=O) groups excluding carboxylic acids is 2. The summed E-state index contributed by atoms with van der Waals surface area (Å²) in [5.74, 6) is 0.403. The lowest BCUT2D eigenvalue weighted by Crippen LogP contribution is -2.51. The molecule has 1 heterocycles. The van der Waals surface area contributed by atoms with Gasteiger partial charge >= 0.3 is 0 Å². The van der Waals surface area contributed by atoms with Gasteiger partial charge in [-0.15, -0.1) is 11.6 Å². The number of carbonyl (C=O) groups is 2. The summed E-state index contributed by atoms with van der Waals surface area (Å²) in [6, 6.07) is 7.31. The summed E-state index contributed by atoms with van der Waals surface area (Å²) in [7, 11) is 1.50. The summed E-state index contributed by atoms with van der Waals surface area (Å²) in [5, 5.41) is 0. The van der Waals surface area contributed by atoms with Crippen LogP contribution in [0, 0.1) is 0 Å². The fourth-order valence-corrected chi connectivity index (χ4v) is 2.47. The molecule has 1 aromatic carbocycles. The first-order chi connectivity index (χ1) is 10.2. The van der Waals surface area contributed by atoms with Crippen LogP contribution in [0.25, 0.3) is 0 Å². The molecular formula is C15H19ClN2O3. The lowest BCUT2D eigenvalue weighted by molar-refractivity contribution is -0.136. The smallest absolute Gasteiger partial charge is 0.253 e. The van der Waals surface area contributed by atoms with Crippen LogP contribution in [0.5, 0.6) is 0 Å². The summed E-state index contributed by atoms with van der Waals surface area (Å²) in [5.41, 5.74) is 1.64. The van der Waals surface area contributed by atoms with E-state index in [0.717, 1.165) is 5.56 Å². The third-order valence-electron chi connectivity index (χ3n) is 3.54. The molecule has 0 radical (unpaired) electrons. The van der Waals surface area contributed by atoms with Crippen molar-refractivity contribution in [2.24, 2.45) is 0 Å². The Morgan fingerprint density at radius 2 is 1.67 bits per heavy atom. The molecule has 1 saturated heterocycles. The van der Waals surface area contributed by atoms with Crippen molar-refractivity contribution >= 4 is 23.4 Å². The number of piperazine rings is 1. The molecule has 2 rings (SSSR count). The second-order valence-corrected chi connectivity index (χ2v) is 5.20. The number of rotatable bonds is 4. The Balaban J connectivity index is 1.92. The minimum Gasteiger partial charge on any atom is -0.375 e. The van der Waals surface area contributed by atoms with Gasteiger partial charge in [-0.25, -0.2) is 0 Å². The summed E-state index contributed by atoms with van der Waals surface area (Å²) in [6.45, 7) is 2.28. The van der Waals surface area contributed by atoms with Crippen molar-refractivity contribution in [1.29, 1.82) is 0 Å². The van der Waals surface area contributed by atoms with Crippen LogP contribution < -0.4 is 0 Å². The van der Waals surface area contributed by atoms with Crippen molar-refractivity contribution in [1.82, 2.24) is 9.80 Å². The number of hydrogen-bond donors (Lipinski definition) is 0. The predicted molar refractivity (Wildman–Crippen MR) is 80.4 cm³/mol. The summed E-state index contributed by atoms with van der Waals surface area (Å²) in [4.78, 5) is 27.6. The highest BCUT2D eigenvalue weighted by atomic mass is 35.5. The normalized spacial score (nSPS) is 15.1. The Kier molecular flexibility index (Phi) is 5.59. The molecule has 6 heteroatoms. The molecule has 0 aliphatic carbocycles. The molecule has 1 aromatic rings. The molecule has 0 aromatic heterocycles. The van der Waals surface area contributed by atoms with Crippen molar-refractivity contribution in [3.05, 3.63) is 35.4 Å². The first-order valence-electron chi connectivity index (χ1n) is 6.86. The molecule has 1 aliphatic heterocycles. The van der Waals surface area contributed by atoms with Crippen molar-refractivity contribution < 1.29 is 14.3 Å². The monoisotopic (exact) mass is 310 g/mol. The van der Waals surface area contributed by atoms with Gasteiger partial charge < -0.3 is 14.5 Å². The number of benzene rings is 1. The minimum atomic E-state index is -0.0314. The molecule has 5 nitrogen and oxygen atoms in total. The third kappa shape index (κ3) is 3.95. The number of ether oxygens (including phenoxy) is 1. The fraction of sp³-hybridized carbons (Fsp3) is 0.467. The van der Waals surface area contributed by atoms with Gasteiger partial charge in [0.2, 0.25) is 5.91 Å². The summed E-state index contributed by atoms with van der Waals surface area (Å²) >= 11 is 5.74. The van der Waals surface area contributed by atoms with Crippen LogP contribution in [0.4, 0.5) is 0 Å². The van der Waals surface area contributed by atoms with E-state index < -0.39 is 0 Å². The zero-order valence-electron chi connectivity index (χ0n) is 12.0. The largest absolute Gasteiger partial charge is 0.375 e. The highest BCUT2D eigenvalue weighted by Gasteiger charge is 2.24. The standard InChI is InChI=1S/C15H19ClN2O3/c1-21-11-14(19)17-6-8-18(9-7-17)15(20)13-4-2-12(10-16)3-5-13/h2-5H,6-11H2,1H3.